The number of nitrogens with one attached hydrogen (secondary N) is 3. The third kappa shape index (κ3) is 6.95. The molecular formula is C16H26N3O2S+. The second kappa shape index (κ2) is 10.2. The largest absolute Gasteiger partial charge is 0.351 e. The molecule has 0 aromatic heterocycles. The minimum atomic E-state index is -0.0830. The normalized spacial score (nSPS) is 11.8. The molecule has 2 amide bonds. The monoisotopic (exact) mass is 324 g/mol. The molecule has 0 saturated carbocycles. The molecule has 0 aliphatic heterocycles. The van der Waals surface area contributed by atoms with E-state index in [4.69, 9.17) is 0 Å². The Morgan fingerprint density at radius 3 is 2.55 bits per heavy atom. The van der Waals surface area contributed by atoms with Crippen molar-refractivity contribution in [3.05, 3.63) is 24.3 Å². The quantitative estimate of drug-likeness (QED) is 0.465. The molecule has 0 saturated heterocycles. The van der Waals surface area contributed by atoms with Crippen molar-refractivity contribution in [2.24, 2.45) is 0 Å². The third-order valence-electron chi connectivity index (χ3n) is 3.16. The number of carbonyl (C=O) groups excluding carboxylic acids is 2. The van der Waals surface area contributed by atoms with E-state index in [9.17, 15) is 9.59 Å². The van der Waals surface area contributed by atoms with Gasteiger partial charge in [-0.2, -0.15) is 0 Å². The summed E-state index contributed by atoms with van der Waals surface area (Å²) in [5.41, 5.74) is 0.820. The molecule has 1 rings (SSSR count). The number of amides is 2. The molecule has 0 aliphatic rings. The van der Waals surface area contributed by atoms with Crippen molar-refractivity contribution >= 4 is 29.3 Å². The molecule has 1 aromatic rings. The van der Waals surface area contributed by atoms with E-state index in [1.54, 1.807) is 11.8 Å². The Balaban J connectivity index is 2.39. The maximum Gasteiger partial charge on any atom is 0.279 e. The summed E-state index contributed by atoms with van der Waals surface area (Å²) in [6, 6.07) is 7.70. The second-order valence-corrected chi connectivity index (χ2v) is 6.11. The Morgan fingerprint density at radius 2 is 1.86 bits per heavy atom. The average molecular weight is 324 g/mol. The molecule has 22 heavy (non-hydrogen) atoms. The highest BCUT2D eigenvalue weighted by Crippen LogP contribution is 2.24. The summed E-state index contributed by atoms with van der Waals surface area (Å²) >= 11 is 1.59. The van der Waals surface area contributed by atoms with Crippen LogP contribution in [0, 0.1) is 0 Å². The van der Waals surface area contributed by atoms with E-state index in [1.807, 2.05) is 37.6 Å². The van der Waals surface area contributed by atoms with E-state index >= 15 is 0 Å². The fraction of sp³-hybridized carbons (Fsp3) is 0.500. The van der Waals surface area contributed by atoms with Gasteiger partial charge in [0.05, 0.1) is 12.7 Å². The zero-order chi connectivity index (χ0) is 16.4. The number of benzene rings is 1. The van der Waals surface area contributed by atoms with Gasteiger partial charge in [-0.1, -0.05) is 25.5 Å². The van der Waals surface area contributed by atoms with Gasteiger partial charge in [0.15, 0.2) is 13.1 Å². The highest BCUT2D eigenvalue weighted by Gasteiger charge is 2.14. The Hall–Kier alpha value is -1.53. The van der Waals surface area contributed by atoms with Crippen molar-refractivity contribution in [1.82, 2.24) is 5.32 Å². The van der Waals surface area contributed by atoms with Crippen molar-refractivity contribution in [3.63, 3.8) is 0 Å². The van der Waals surface area contributed by atoms with Gasteiger partial charge in [-0.25, -0.2) is 0 Å². The number of hydrogen-bond donors (Lipinski definition) is 3. The fourth-order valence-corrected chi connectivity index (χ4v) is 2.57. The molecule has 0 bridgehead atoms. The number of para-hydroxylation sites is 1. The van der Waals surface area contributed by atoms with E-state index in [1.165, 1.54) is 0 Å². The summed E-state index contributed by atoms with van der Waals surface area (Å²) in [5.74, 6) is -0.0939. The molecule has 0 heterocycles. The third-order valence-corrected chi connectivity index (χ3v) is 3.95. The maximum absolute atomic E-state index is 12.1. The first kappa shape index (κ1) is 18.5. The first-order valence-corrected chi connectivity index (χ1v) is 8.80. The predicted octanol–water partition coefficient (Wildman–Crippen LogP) is 0.778. The van der Waals surface area contributed by atoms with Crippen LogP contribution in [0.2, 0.25) is 0 Å². The molecule has 1 aromatic carbocycles. The average Bonchev–Trinajstić information content (AvgIpc) is 2.47. The molecule has 1 atom stereocenters. The zero-order valence-corrected chi connectivity index (χ0v) is 14.4. The number of thioether (sulfide) groups is 1. The molecule has 1 unspecified atom stereocenters. The number of rotatable bonds is 9. The Labute approximate surface area is 136 Å². The van der Waals surface area contributed by atoms with Crippen LogP contribution in [-0.4, -0.2) is 44.8 Å². The fourth-order valence-electron chi connectivity index (χ4n) is 2.02. The number of anilines is 1. The maximum atomic E-state index is 12.1. The van der Waals surface area contributed by atoms with Crippen LogP contribution in [-0.2, 0) is 9.59 Å². The van der Waals surface area contributed by atoms with Crippen LogP contribution in [0.3, 0.4) is 0 Å². The Morgan fingerprint density at radius 1 is 1.18 bits per heavy atom. The molecule has 0 radical (unpaired) electrons. The Kier molecular flexibility index (Phi) is 8.62. The van der Waals surface area contributed by atoms with Gasteiger partial charge in [0.25, 0.3) is 11.8 Å². The topological polar surface area (TPSA) is 62.6 Å². The highest BCUT2D eigenvalue weighted by atomic mass is 32.2. The molecule has 3 N–H and O–H groups in total. The lowest BCUT2D eigenvalue weighted by Crippen LogP contribution is -3.11. The minimum absolute atomic E-state index is 0.0109. The number of unbranched alkanes of at least 4 members (excludes halogenated alkanes) is 1. The number of quaternary nitrogens is 1. The Bertz CT molecular complexity index is 494. The number of carbonyl (C=O) groups is 2. The lowest BCUT2D eigenvalue weighted by Gasteiger charge is -2.14. The van der Waals surface area contributed by atoms with Crippen LogP contribution in [0.5, 0.6) is 0 Å². The minimum Gasteiger partial charge on any atom is -0.351 e. The van der Waals surface area contributed by atoms with Crippen molar-refractivity contribution in [1.29, 1.82) is 0 Å². The van der Waals surface area contributed by atoms with Crippen LogP contribution in [0.1, 0.15) is 19.8 Å². The van der Waals surface area contributed by atoms with Gasteiger partial charge in [0, 0.05) is 11.4 Å². The van der Waals surface area contributed by atoms with Crippen molar-refractivity contribution < 1.29 is 14.5 Å². The number of likely N-dealkylation sites (N-methyl/N-ethyl adjacent to an activating group) is 1. The lowest BCUT2D eigenvalue weighted by atomic mass is 10.3. The predicted molar refractivity (Wildman–Crippen MR) is 91.4 cm³/mol. The van der Waals surface area contributed by atoms with Crippen molar-refractivity contribution in [2.75, 3.05) is 38.3 Å². The SMILES string of the molecule is CCCCNC(=O)C[NH+](C)CC(=O)Nc1ccccc1SC. The number of hydrogen-bond acceptors (Lipinski definition) is 3. The molecule has 0 spiro atoms. The first-order valence-electron chi connectivity index (χ1n) is 7.57. The summed E-state index contributed by atoms with van der Waals surface area (Å²) in [7, 11) is 1.85. The zero-order valence-electron chi connectivity index (χ0n) is 13.6. The molecule has 6 heteroatoms. The van der Waals surface area contributed by atoms with Crippen molar-refractivity contribution in [2.45, 2.75) is 24.7 Å². The smallest absolute Gasteiger partial charge is 0.279 e. The van der Waals surface area contributed by atoms with Crippen molar-refractivity contribution in [3.8, 4) is 0 Å². The van der Waals surface area contributed by atoms with E-state index in [0.717, 1.165) is 28.3 Å². The van der Waals surface area contributed by atoms with Gasteiger partial charge in [0.1, 0.15) is 0 Å². The summed E-state index contributed by atoms with van der Waals surface area (Å²) in [5, 5.41) is 5.77. The summed E-state index contributed by atoms with van der Waals surface area (Å²) in [4.78, 5) is 25.7. The molecule has 5 nitrogen and oxygen atoms in total. The lowest BCUT2D eigenvalue weighted by molar-refractivity contribution is -0.862. The van der Waals surface area contributed by atoms with E-state index in [2.05, 4.69) is 17.6 Å². The van der Waals surface area contributed by atoms with Crippen LogP contribution in [0.4, 0.5) is 5.69 Å². The van der Waals surface area contributed by atoms with Crippen LogP contribution >= 0.6 is 11.8 Å². The van der Waals surface area contributed by atoms with E-state index < -0.39 is 0 Å². The summed E-state index contributed by atoms with van der Waals surface area (Å²) < 4.78 is 0. The van der Waals surface area contributed by atoms with Gasteiger partial charge in [-0.15, -0.1) is 11.8 Å². The standard InChI is InChI=1S/C16H25N3O2S/c1-4-5-10-17-15(20)11-19(2)12-16(21)18-13-8-6-7-9-14(13)22-3/h6-9H,4-5,10-12H2,1-3H3,(H,17,20)(H,18,21)/p+1. The van der Waals surface area contributed by atoms with Gasteiger partial charge < -0.3 is 15.5 Å². The van der Waals surface area contributed by atoms with Crippen LogP contribution in [0.15, 0.2) is 29.2 Å². The van der Waals surface area contributed by atoms with E-state index in [0.29, 0.717) is 13.1 Å². The summed E-state index contributed by atoms with van der Waals surface area (Å²) in [6.45, 7) is 3.36. The molecule has 0 aliphatic carbocycles. The highest BCUT2D eigenvalue weighted by molar-refractivity contribution is 7.98. The van der Waals surface area contributed by atoms with Gasteiger partial charge in [-0.05, 0) is 24.8 Å². The van der Waals surface area contributed by atoms with Gasteiger partial charge >= 0.3 is 0 Å². The van der Waals surface area contributed by atoms with Gasteiger partial charge in [0.2, 0.25) is 0 Å². The van der Waals surface area contributed by atoms with E-state index in [-0.39, 0.29) is 18.4 Å². The molecule has 122 valence electrons. The molecular weight excluding hydrogens is 298 g/mol. The second-order valence-electron chi connectivity index (χ2n) is 5.26. The summed E-state index contributed by atoms with van der Waals surface area (Å²) in [6.07, 6.45) is 4.01. The van der Waals surface area contributed by atoms with Crippen LogP contribution in [0.25, 0.3) is 0 Å². The molecule has 0 fully saturated rings. The van der Waals surface area contributed by atoms with Crippen LogP contribution < -0.4 is 15.5 Å². The first-order chi connectivity index (χ1) is 10.6. The van der Waals surface area contributed by atoms with Gasteiger partial charge in [-0.3, -0.25) is 9.59 Å².